The third-order valence-corrected chi connectivity index (χ3v) is 7.53. The number of amides is 2. The van der Waals surface area contributed by atoms with Crippen LogP contribution < -0.4 is 10.6 Å². The molecule has 2 aliphatic carbocycles. The number of aromatic nitrogens is 1. The van der Waals surface area contributed by atoms with Crippen LogP contribution in [-0.4, -0.2) is 40.7 Å². The van der Waals surface area contributed by atoms with E-state index in [9.17, 15) is 14.4 Å². The normalized spacial score (nSPS) is 18.5. The van der Waals surface area contributed by atoms with Crippen LogP contribution in [0.5, 0.6) is 0 Å². The van der Waals surface area contributed by atoms with Crippen LogP contribution in [0.2, 0.25) is 0 Å². The third-order valence-electron chi connectivity index (χ3n) is 6.68. The predicted octanol–water partition coefficient (Wildman–Crippen LogP) is 4.16. The molecule has 0 aliphatic heterocycles. The van der Waals surface area contributed by atoms with Gasteiger partial charge in [-0.2, -0.15) is 0 Å². The van der Waals surface area contributed by atoms with Gasteiger partial charge in [-0.15, -0.1) is 11.3 Å². The molecule has 0 bridgehead atoms. The molecule has 180 valence electrons. The summed E-state index contributed by atoms with van der Waals surface area (Å²) in [6.45, 7) is 0.379. The molecule has 1 heterocycles. The summed E-state index contributed by atoms with van der Waals surface area (Å²) in [5.74, 6) is -1.67. The highest BCUT2D eigenvalue weighted by Crippen LogP contribution is 2.44. The summed E-state index contributed by atoms with van der Waals surface area (Å²) in [5.41, 5.74) is 4.59. The molecule has 2 aliphatic rings. The van der Waals surface area contributed by atoms with E-state index in [1.807, 2.05) is 24.3 Å². The van der Waals surface area contributed by atoms with E-state index in [0.717, 1.165) is 17.5 Å². The molecule has 2 atom stereocenters. The topological polar surface area (TPSA) is 118 Å². The summed E-state index contributed by atoms with van der Waals surface area (Å²) in [6.07, 6.45) is 1.66. The van der Waals surface area contributed by atoms with Crippen LogP contribution >= 0.6 is 11.3 Å². The highest BCUT2D eigenvalue weighted by molar-refractivity contribution is 7.09. The summed E-state index contributed by atoms with van der Waals surface area (Å²) >= 11 is 1.19. The average molecular weight is 492 g/mol. The molecule has 1 saturated carbocycles. The number of hydrogen-bond acceptors (Lipinski definition) is 6. The number of hydrogen-bond donors (Lipinski definition) is 3. The van der Waals surface area contributed by atoms with Gasteiger partial charge in [-0.05, 0) is 35.1 Å². The predicted molar refractivity (Wildman–Crippen MR) is 130 cm³/mol. The van der Waals surface area contributed by atoms with E-state index in [1.54, 1.807) is 0 Å². The Balaban J connectivity index is 1.16. The fraction of sp³-hybridized carbons (Fsp3) is 0.308. The van der Waals surface area contributed by atoms with Crippen molar-refractivity contribution in [1.82, 2.24) is 15.6 Å². The molecule has 35 heavy (non-hydrogen) atoms. The maximum Gasteiger partial charge on any atom is 0.407 e. The summed E-state index contributed by atoms with van der Waals surface area (Å²) in [6, 6.07) is 16.0. The smallest absolute Gasteiger partial charge is 0.407 e. The first kappa shape index (κ1) is 23.0. The molecule has 1 aromatic heterocycles. The van der Waals surface area contributed by atoms with Gasteiger partial charge in [-0.1, -0.05) is 55.0 Å². The molecular formula is C26H25N3O5S. The number of benzene rings is 2. The molecule has 0 radical (unpaired) electrons. The number of aromatic carboxylic acids is 1. The van der Waals surface area contributed by atoms with Gasteiger partial charge in [0.15, 0.2) is 5.69 Å². The van der Waals surface area contributed by atoms with Crippen molar-refractivity contribution in [1.29, 1.82) is 0 Å². The molecule has 5 rings (SSSR count). The summed E-state index contributed by atoms with van der Waals surface area (Å²) in [4.78, 5) is 40.4. The lowest BCUT2D eigenvalue weighted by Crippen LogP contribution is -2.44. The molecule has 9 heteroatoms. The molecule has 1 fully saturated rings. The number of rotatable bonds is 7. The monoisotopic (exact) mass is 491 g/mol. The number of thiazole rings is 1. The number of fused-ring (bicyclic) bond motifs is 3. The number of carboxylic acid groups (broad SMARTS) is 1. The van der Waals surface area contributed by atoms with Crippen molar-refractivity contribution in [2.75, 3.05) is 6.61 Å². The zero-order valence-corrected chi connectivity index (χ0v) is 19.7. The number of carbonyl (C=O) groups excluding carboxylic acids is 2. The van der Waals surface area contributed by atoms with E-state index in [0.29, 0.717) is 17.8 Å². The van der Waals surface area contributed by atoms with Crippen LogP contribution in [0, 0.1) is 5.92 Å². The lowest BCUT2D eigenvalue weighted by Gasteiger charge is -2.21. The molecule has 0 unspecified atom stereocenters. The fourth-order valence-corrected chi connectivity index (χ4v) is 5.73. The molecule has 2 aromatic carbocycles. The van der Waals surface area contributed by atoms with E-state index in [4.69, 9.17) is 9.84 Å². The summed E-state index contributed by atoms with van der Waals surface area (Å²) in [7, 11) is 0. The molecule has 3 N–H and O–H groups in total. The quantitative estimate of drug-likeness (QED) is 0.457. The first-order valence-electron chi connectivity index (χ1n) is 11.6. The van der Waals surface area contributed by atoms with Crippen LogP contribution in [-0.2, 0) is 16.1 Å². The van der Waals surface area contributed by atoms with Crippen LogP contribution in [0.4, 0.5) is 4.79 Å². The van der Waals surface area contributed by atoms with Gasteiger partial charge in [0.05, 0.1) is 12.5 Å². The lowest BCUT2D eigenvalue weighted by molar-refractivity contribution is -0.125. The van der Waals surface area contributed by atoms with Gasteiger partial charge in [0.25, 0.3) is 0 Å². The Morgan fingerprint density at radius 3 is 2.37 bits per heavy atom. The van der Waals surface area contributed by atoms with Crippen LogP contribution in [0.3, 0.4) is 0 Å². The molecule has 8 nitrogen and oxygen atoms in total. The van der Waals surface area contributed by atoms with Crippen molar-refractivity contribution >= 4 is 29.3 Å². The van der Waals surface area contributed by atoms with Crippen LogP contribution in [0.15, 0.2) is 53.9 Å². The Hall–Kier alpha value is -3.72. The Kier molecular flexibility index (Phi) is 6.50. The number of alkyl carbamates (subject to hydrolysis) is 1. The number of nitrogens with zero attached hydrogens (tertiary/aromatic N) is 1. The Morgan fingerprint density at radius 2 is 1.71 bits per heavy atom. The van der Waals surface area contributed by atoms with Gasteiger partial charge in [-0.3, -0.25) is 4.79 Å². The van der Waals surface area contributed by atoms with Gasteiger partial charge < -0.3 is 20.5 Å². The van der Waals surface area contributed by atoms with Crippen molar-refractivity contribution < 1.29 is 24.2 Å². The molecular weight excluding hydrogens is 466 g/mol. The summed E-state index contributed by atoms with van der Waals surface area (Å²) in [5, 5.41) is 16.7. The minimum atomic E-state index is -1.10. The number of ether oxygens (including phenoxy) is 1. The molecule has 0 spiro atoms. The maximum absolute atomic E-state index is 12.8. The highest BCUT2D eigenvalue weighted by Gasteiger charge is 2.35. The first-order valence-corrected chi connectivity index (χ1v) is 12.5. The number of carbonyl (C=O) groups is 3. The SMILES string of the molecule is O=C(N[C@H]1CCC[C@H]1C(=O)NCc1nc(C(=O)O)cs1)OCC1c2ccccc2-c2ccccc21. The minimum Gasteiger partial charge on any atom is -0.476 e. The second-order valence-corrected chi connectivity index (χ2v) is 9.71. The van der Waals surface area contributed by atoms with Gasteiger partial charge in [-0.25, -0.2) is 14.6 Å². The standard InChI is InChI=1S/C26H25N3O5S/c30-24(27-12-23-28-22(14-35-23)25(31)32)19-10-5-11-21(19)29-26(33)34-13-20-17-8-3-1-6-15(17)16-7-2-4-9-18(16)20/h1-4,6-9,14,19-21H,5,10-13H2,(H,27,30)(H,29,33)(H,31,32)/t19-,21+/m1/s1. The first-order chi connectivity index (χ1) is 17.0. The van der Waals surface area contributed by atoms with E-state index < -0.39 is 12.1 Å². The zero-order valence-electron chi connectivity index (χ0n) is 18.9. The van der Waals surface area contributed by atoms with Gasteiger partial charge >= 0.3 is 12.1 Å². The van der Waals surface area contributed by atoms with Crippen LogP contribution in [0.1, 0.15) is 51.8 Å². The second kappa shape index (κ2) is 9.87. The summed E-state index contributed by atoms with van der Waals surface area (Å²) < 4.78 is 5.64. The Labute approximate surface area is 206 Å². The lowest BCUT2D eigenvalue weighted by atomic mass is 9.98. The minimum absolute atomic E-state index is 0.0233. The van der Waals surface area contributed by atoms with Crippen molar-refractivity contribution in [2.24, 2.45) is 5.92 Å². The zero-order chi connectivity index (χ0) is 24.4. The average Bonchev–Trinajstić information content (AvgIpc) is 3.59. The number of nitrogens with one attached hydrogen (secondary N) is 2. The molecule has 0 saturated heterocycles. The Morgan fingerprint density at radius 1 is 1.03 bits per heavy atom. The maximum atomic E-state index is 12.8. The van der Waals surface area contributed by atoms with E-state index in [-0.39, 0.29) is 42.6 Å². The fourth-order valence-electron chi connectivity index (χ4n) is 5.02. The molecule has 2 amide bonds. The van der Waals surface area contributed by atoms with Crippen LogP contribution in [0.25, 0.3) is 11.1 Å². The third kappa shape index (κ3) is 4.77. The van der Waals surface area contributed by atoms with E-state index >= 15 is 0 Å². The number of carboxylic acids is 1. The van der Waals surface area contributed by atoms with Crippen molar-refractivity contribution in [3.63, 3.8) is 0 Å². The largest absolute Gasteiger partial charge is 0.476 e. The second-order valence-electron chi connectivity index (χ2n) is 8.76. The van der Waals surface area contributed by atoms with E-state index in [2.05, 4.69) is 39.9 Å². The highest BCUT2D eigenvalue weighted by atomic mass is 32.1. The van der Waals surface area contributed by atoms with Crippen molar-refractivity contribution in [3.8, 4) is 11.1 Å². The van der Waals surface area contributed by atoms with Crippen molar-refractivity contribution in [2.45, 2.75) is 37.8 Å². The van der Waals surface area contributed by atoms with Gasteiger partial charge in [0, 0.05) is 17.3 Å². The molecule has 3 aromatic rings. The van der Waals surface area contributed by atoms with E-state index in [1.165, 1.54) is 27.8 Å². The van der Waals surface area contributed by atoms with Gasteiger partial charge in [0.1, 0.15) is 11.6 Å². The van der Waals surface area contributed by atoms with Crippen molar-refractivity contribution in [3.05, 3.63) is 75.7 Å². The Bertz CT molecular complexity index is 1230. The van der Waals surface area contributed by atoms with Gasteiger partial charge in [0.2, 0.25) is 5.91 Å².